The third-order valence-electron chi connectivity index (χ3n) is 8.46. The van der Waals surface area contributed by atoms with E-state index in [0.29, 0.717) is 0 Å². The molecule has 2 heterocycles. The highest BCUT2D eigenvalue weighted by Crippen LogP contribution is 2.35. The highest BCUT2D eigenvalue weighted by atomic mass is 16.8. The molecule has 0 aromatic carbocycles. The van der Waals surface area contributed by atoms with E-state index in [4.69, 9.17) is 18.9 Å². The largest absolute Gasteiger partial charge is 0.345 e. The van der Waals surface area contributed by atoms with Crippen molar-refractivity contribution in [2.75, 3.05) is 0 Å². The van der Waals surface area contributed by atoms with Gasteiger partial charge in [-0.05, 0) is 79.1 Å². The van der Waals surface area contributed by atoms with Crippen LogP contribution in [0.1, 0.15) is 169 Å². The zero-order valence-corrected chi connectivity index (χ0v) is 27.2. The molecule has 234 valence electrons. The SMILES string of the molecule is C=CCCCCCCCC[C@H]1OC(C)(C)O[C@@H]1CC/C=C/CC[C@H]1OC(C)(C)O[C@@H]1CCCCCCCCCC. The maximum Gasteiger partial charge on any atom is 0.163 e. The minimum absolute atomic E-state index is 0.204. The van der Waals surface area contributed by atoms with Gasteiger partial charge in [0, 0.05) is 0 Å². The van der Waals surface area contributed by atoms with Crippen LogP contribution in [0.3, 0.4) is 0 Å². The Kier molecular flexibility index (Phi) is 18.0. The van der Waals surface area contributed by atoms with Gasteiger partial charge in [0.25, 0.3) is 0 Å². The van der Waals surface area contributed by atoms with Gasteiger partial charge in [-0.2, -0.15) is 0 Å². The Bertz CT molecular complexity index is 670. The second-order valence-electron chi connectivity index (χ2n) is 13.3. The third-order valence-corrected chi connectivity index (χ3v) is 8.46. The lowest BCUT2D eigenvalue weighted by atomic mass is 10.00. The summed E-state index contributed by atoms with van der Waals surface area (Å²) < 4.78 is 25.1. The van der Waals surface area contributed by atoms with E-state index < -0.39 is 11.6 Å². The molecule has 0 bridgehead atoms. The van der Waals surface area contributed by atoms with Crippen LogP contribution in [-0.4, -0.2) is 36.0 Å². The topological polar surface area (TPSA) is 36.9 Å². The first-order valence-corrected chi connectivity index (χ1v) is 17.2. The molecule has 0 aliphatic carbocycles. The highest BCUT2D eigenvalue weighted by Gasteiger charge is 2.41. The van der Waals surface area contributed by atoms with E-state index in [2.05, 4.69) is 53.3 Å². The molecule has 0 N–H and O–H groups in total. The van der Waals surface area contributed by atoms with Gasteiger partial charge in [-0.1, -0.05) is 109 Å². The molecule has 2 fully saturated rings. The predicted octanol–water partition coefficient (Wildman–Crippen LogP) is 11.0. The van der Waals surface area contributed by atoms with Gasteiger partial charge in [-0.15, -0.1) is 6.58 Å². The van der Waals surface area contributed by atoms with E-state index in [1.165, 1.54) is 89.9 Å². The summed E-state index contributed by atoms with van der Waals surface area (Å²) in [6.45, 7) is 14.3. The minimum atomic E-state index is -0.458. The van der Waals surface area contributed by atoms with E-state index in [9.17, 15) is 0 Å². The molecule has 0 aromatic heterocycles. The van der Waals surface area contributed by atoms with Crippen LogP contribution >= 0.6 is 0 Å². The molecule has 2 aliphatic heterocycles. The normalized spacial score (nSPS) is 25.7. The van der Waals surface area contributed by atoms with E-state index >= 15 is 0 Å². The summed E-state index contributed by atoms with van der Waals surface area (Å²) in [4.78, 5) is 0. The van der Waals surface area contributed by atoms with Crippen LogP contribution in [0.4, 0.5) is 0 Å². The van der Waals surface area contributed by atoms with E-state index in [1.54, 1.807) is 0 Å². The van der Waals surface area contributed by atoms with Crippen molar-refractivity contribution in [2.45, 2.75) is 205 Å². The molecule has 0 aromatic rings. The number of hydrogen-bond donors (Lipinski definition) is 0. The molecule has 40 heavy (non-hydrogen) atoms. The molecule has 4 atom stereocenters. The van der Waals surface area contributed by atoms with Crippen molar-refractivity contribution in [3.8, 4) is 0 Å². The molecule has 2 saturated heterocycles. The molecule has 0 amide bonds. The monoisotopic (exact) mass is 562 g/mol. The average Bonchev–Trinajstić information content (AvgIpc) is 3.37. The van der Waals surface area contributed by atoms with Crippen molar-refractivity contribution in [2.24, 2.45) is 0 Å². The highest BCUT2D eigenvalue weighted by molar-refractivity contribution is 4.89. The Morgan fingerprint density at radius 1 is 0.475 bits per heavy atom. The first kappa shape index (κ1) is 35.5. The lowest BCUT2D eigenvalue weighted by Crippen LogP contribution is -2.22. The van der Waals surface area contributed by atoms with Gasteiger partial charge in [0.2, 0.25) is 0 Å². The van der Waals surface area contributed by atoms with Crippen LogP contribution in [-0.2, 0) is 18.9 Å². The molecule has 0 spiro atoms. The molecular formula is C36H66O4. The average molecular weight is 563 g/mol. The van der Waals surface area contributed by atoms with Crippen LogP contribution in [0.15, 0.2) is 24.8 Å². The van der Waals surface area contributed by atoms with Crippen molar-refractivity contribution >= 4 is 0 Å². The Morgan fingerprint density at radius 2 is 0.825 bits per heavy atom. The first-order chi connectivity index (χ1) is 19.3. The van der Waals surface area contributed by atoms with Crippen LogP contribution in [0.2, 0.25) is 0 Å². The Balaban J connectivity index is 1.61. The van der Waals surface area contributed by atoms with Crippen molar-refractivity contribution in [3.05, 3.63) is 24.8 Å². The maximum atomic E-state index is 6.29. The number of allylic oxidation sites excluding steroid dienone is 3. The fourth-order valence-corrected chi connectivity index (χ4v) is 6.37. The number of unbranched alkanes of at least 4 members (excludes halogenated alkanes) is 13. The minimum Gasteiger partial charge on any atom is -0.345 e. The molecule has 2 aliphatic rings. The summed E-state index contributed by atoms with van der Waals surface area (Å²) in [6, 6.07) is 0. The molecule has 0 radical (unpaired) electrons. The zero-order chi connectivity index (χ0) is 29.1. The zero-order valence-electron chi connectivity index (χ0n) is 27.2. The van der Waals surface area contributed by atoms with Gasteiger partial charge in [0.05, 0.1) is 24.4 Å². The molecule has 0 saturated carbocycles. The Hall–Kier alpha value is -0.680. The molecular weight excluding hydrogens is 496 g/mol. The first-order valence-electron chi connectivity index (χ1n) is 17.2. The lowest BCUT2D eigenvalue weighted by Gasteiger charge is -2.16. The van der Waals surface area contributed by atoms with Crippen LogP contribution in [0, 0.1) is 0 Å². The summed E-state index contributed by atoms with van der Waals surface area (Å²) >= 11 is 0. The van der Waals surface area contributed by atoms with Gasteiger partial charge in [-0.3, -0.25) is 0 Å². The van der Waals surface area contributed by atoms with Gasteiger partial charge < -0.3 is 18.9 Å². The third kappa shape index (κ3) is 15.5. The van der Waals surface area contributed by atoms with Crippen molar-refractivity contribution in [3.63, 3.8) is 0 Å². The summed E-state index contributed by atoms with van der Waals surface area (Å²) in [5.41, 5.74) is 0. The second-order valence-corrected chi connectivity index (χ2v) is 13.3. The standard InChI is InChI=1S/C36H66O4/c1-7-9-11-13-15-17-19-23-27-31-33(39-35(3,4)37-31)29-25-21-22-26-30-34-32(38-36(5,6)40-34)28-24-20-18-16-14-12-10-8-2/h7,21-22,31-34H,1,8-20,23-30H2,2-6H3/b22-21+/t31-,32-,33-,34-/m1/s1. The number of hydrogen-bond acceptors (Lipinski definition) is 4. The van der Waals surface area contributed by atoms with Crippen LogP contribution < -0.4 is 0 Å². The number of ether oxygens (including phenoxy) is 4. The molecule has 0 unspecified atom stereocenters. The van der Waals surface area contributed by atoms with Crippen molar-refractivity contribution in [1.29, 1.82) is 0 Å². The smallest absolute Gasteiger partial charge is 0.163 e. The fourth-order valence-electron chi connectivity index (χ4n) is 6.37. The Morgan fingerprint density at radius 3 is 1.23 bits per heavy atom. The van der Waals surface area contributed by atoms with Crippen molar-refractivity contribution in [1.82, 2.24) is 0 Å². The predicted molar refractivity (Wildman–Crippen MR) is 170 cm³/mol. The van der Waals surface area contributed by atoms with Crippen LogP contribution in [0.5, 0.6) is 0 Å². The summed E-state index contributed by atoms with van der Waals surface area (Å²) in [6.07, 6.45) is 33.8. The van der Waals surface area contributed by atoms with Gasteiger partial charge in [0.1, 0.15) is 0 Å². The van der Waals surface area contributed by atoms with Gasteiger partial charge >= 0.3 is 0 Å². The summed E-state index contributed by atoms with van der Waals surface area (Å²) in [5.74, 6) is -0.910. The Labute approximate surface area is 249 Å². The van der Waals surface area contributed by atoms with E-state index in [0.717, 1.165) is 44.9 Å². The molecule has 4 nitrogen and oxygen atoms in total. The summed E-state index contributed by atoms with van der Waals surface area (Å²) in [5, 5.41) is 0. The van der Waals surface area contributed by atoms with E-state index in [-0.39, 0.29) is 24.4 Å². The van der Waals surface area contributed by atoms with Gasteiger partial charge in [-0.25, -0.2) is 0 Å². The molecule has 2 rings (SSSR count). The fraction of sp³-hybridized carbons (Fsp3) is 0.889. The lowest BCUT2D eigenvalue weighted by molar-refractivity contribution is -0.147. The molecule has 4 heteroatoms. The van der Waals surface area contributed by atoms with Gasteiger partial charge in [0.15, 0.2) is 11.6 Å². The van der Waals surface area contributed by atoms with E-state index in [1.807, 2.05) is 6.08 Å². The quantitative estimate of drug-likeness (QED) is 0.0866. The maximum absolute atomic E-state index is 6.29. The van der Waals surface area contributed by atoms with Crippen LogP contribution in [0.25, 0.3) is 0 Å². The summed E-state index contributed by atoms with van der Waals surface area (Å²) in [7, 11) is 0. The van der Waals surface area contributed by atoms with Crippen molar-refractivity contribution < 1.29 is 18.9 Å². The second kappa shape index (κ2) is 20.3. The number of rotatable bonds is 24.